The molecule has 0 bridgehead atoms. The molecule has 2 unspecified atom stereocenters. The maximum Gasteiger partial charge on any atom is 0.128 e. The molecule has 0 radical (unpaired) electrons. The van der Waals surface area contributed by atoms with Crippen molar-refractivity contribution >= 4 is 0 Å². The van der Waals surface area contributed by atoms with Crippen LogP contribution in [-0.2, 0) is 5.54 Å². The summed E-state index contributed by atoms with van der Waals surface area (Å²) in [5.41, 5.74) is 19.7. The van der Waals surface area contributed by atoms with Gasteiger partial charge in [0, 0.05) is 64.8 Å². The normalized spacial score (nSPS) is 19.8. The second-order valence-corrected chi connectivity index (χ2v) is 9.61. The molecule has 1 aliphatic heterocycles. The van der Waals surface area contributed by atoms with Gasteiger partial charge in [0.25, 0.3) is 0 Å². The standard InChI is InChI=1S/C27H36FN7/c1-17(14-21(16-29)34-31)35-13-5-7-25(35)19(3)33-26(22-6-4-12-32-18(22)2)20-8-9-23(24(28)15-20)27(30)10-11-27/h4,6,8-9,12,15-16,25-26,33-34H,1,3,5,7,10-11,13-14,29-31H2,2H3/b21-16-. The molecular weight excluding hydrogens is 441 g/mol. The zero-order valence-electron chi connectivity index (χ0n) is 20.4. The molecular formula is C27H36FN7. The number of aryl methyl sites for hydroxylation is 1. The smallest absolute Gasteiger partial charge is 0.128 e. The number of hydrazine groups is 1. The van der Waals surface area contributed by atoms with E-state index >= 15 is 4.39 Å². The van der Waals surface area contributed by atoms with Gasteiger partial charge in [0.05, 0.1) is 12.1 Å². The average molecular weight is 478 g/mol. The molecule has 8 N–H and O–H groups in total. The summed E-state index contributed by atoms with van der Waals surface area (Å²) in [5, 5.41) is 3.60. The van der Waals surface area contributed by atoms with Gasteiger partial charge in [0.1, 0.15) is 5.82 Å². The van der Waals surface area contributed by atoms with Crippen LogP contribution in [0, 0.1) is 12.7 Å². The minimum absolute atomic E-state index is 0.0432. The summed E-state index contributed by atoms with van der Waals surface area (Å²) in [5.74, 6) is 5.28. The van der Waals surface area contributed by atoms with Gasteiger partial charge in [-0.25, -0.2) is 4.39 Å². The maximum atomic E-state index is 15.2. The molecule has 186 valence electrons. The minimum Gasteiger partial charge on any atom is -0.403 e. The fourth-order valence-corrected chi connectivity index (χ4v) is 4.93. The number of aromatic nitrogens is 1. The van der Waals surface area contributed by atoms with E-state index in [1.54, 1.807) is 12.3 Å². The lowest BCUT2D eigenvalue weighted by Gasteiger charge is -2.33. The van der Waals surface area contributed by atoms with Crippen LogP contribution in [0.5, 0.6) is 0 Å². The summed E-state index contributed by atoms with van der Waals surface area (Å²) >= 11 is 0. The Morgan fingerprint density at radius 1 is 1.34 bits per heavy atom. The molecule has 2 aliphatic rings. The third-order valence-electron chi connectivity index (χ3n) is 7.18. The van der Waals surface area contributed by atoms with Crippen molar-refractivity contribution in [1.82, 2.24) is 20.6 Å². The van der Waals surface area contributed by atoms with E-state index in [0.717, 1.165) is 60.4 Å². The van der Waals surface area contributed by atoms with Crippen LogP contribution in [0.2, 0.25) is 0 Å². The molecule has 2 aromatic rings. The quantitative estimate of drug-likeness (QED) is 0.263. The number of hydrogen-bond acceptors (Lipinski definition) is 7. The highest BCUT2D eigenvalue weighted by Gasteiger charge is 2.42. The monoisotopic (exact) mass is 477 g/mol. The number of nitrogens with two attached hydrogens (primary N) is 3. The van der Waals surface area contributed by atoms with E-state index in [9.17, 15) is 0 Å². The molecule has 7 nitrogen and oxygen atoms in total. The summed E-state index contributed by atoms with van der Waals surface area (Å²) in [6.45, 7) is 11.5. The SMILES string of the molecule is C=C(NC(c1ccc(C2(N)CC2)c(F)c1)c1cccnc1C)C1CCCN1C(=C)C/C(=C/N)NN. The van der Waals surface area contributed by atoms with Gasteiger partial charge in [0.15, 0.2) is 0 Å². The molecule has 2 atom stereocenters. The Morgan fingerprint density at radius 3 is 2.74 bits per heavy atom. The Balaban J connectivity index is 1.60. The lowest BCUT2D eigenvalue weighted by molar-refractivity contribution is 0.333. The van der Waals surface area contributed by atoms with Crippen LogP contribution in [0.4, 0.5) is 4.39 Å². The van der Waals surface area contributed by atoms with E-state index in [-0.39, 0.29) is 17.9 Å². The molecule has 2 heterocycles. The number of pyridine rings is 1. The summed E-state index contributed by atoms with van der Waals surface area (Å²) < 4.78 is 15.2. The maximum absolute atomic E-state index is 15.2. The van der Waals surface area contributed by atoms with Crippen molar-refractivity contribution in [1.29, 1.82) is 0 Å². The zero-order chi connectivity index (χ0) is 25.2. The molecule has 1 saturated heterocycles. The largest absolute Gasteiger partial charge is 0.403 e. The number of hydrogen-bond donors (Lipinski definition) is 5. The fourth-order valence-electron chi connectivity index (χ4n) is 4.93. The van der Waals surface area contributed by atoms with Crippen LogP contribution < -0.4 is 28.1 Å². The van der Waals surface area contributed by atoms with Crippen molar-refractivity contribution in [2.24, 2.45) is 17.3 Å². The van der Waals surface area contributed by atoms with E-state index < -0.39 is 5.54 Å². The highest BCUT2D eigenvalue weighted by atomic mass is 19.1. The molecule has 1 saturated carbocycles. The van der Waals surface area contributed by atoms with Gasteiger partial charge >= 0.3 is 0 Å². The summed E-state index contributed by atoms with van der Waals surface area (Å²) in [6.07, 6.45) is 7.31. The Morgan fingerprint density at radius 2 is 2.11 bits per heavy atom. The first-order chi connectivity index (χ1) is 16.8. The van der Waals surface area contributed by atoms with Crippen LogP contribution in [0.1, 0.15) is 60.5 Å². The van der Waals surface area contributed by atoms with E-state index in [2.05, 4.69) is 33.8 Å². The Labute approximate surface area is 206 Å². The van der Waals surface area contributed by atoms with Crippen molar-refractivity contribution in [3.05, 3.63) is 101 Å². The van der Waals surface area contributed by atoms with Crippen LogP contribution in [-0.4, -0.2) is 22.5 Å². The Kier molecular flexibility index (Phi) is 7.14. The van der Waals surface area contributed by atoms with E-state index in [4.69, 9.17) is 17.3 Å². The predicted octanol–water partition coefficient (Wildman–Crippen LogP) is 3.30. The number of rotatable bonds is 10. The van der Waals surface area contributed by atoms with Crippen molar-refractivity contribution in [2.45, 2.75) is 56.7 Å². The van der Waals surface area contributed by atoms with Gasteiger partial charge in [-0.1, -0.05) is 31.4 Å². The van der Waals surface area contributed by atoms with Crippen molar-refractivity contribution in [3.63, 3.8) is 0 Å². The molecule has 4 rings (SSSR count). The van der Waals surface area contributed by atoms with Crippen molar-refractivity contribution < 1.29 is 4.39 Å². The number of nitrogens with zero attached hydrogens (tertiary/aromatic N) is 2. The van der Waals surface area contributed by atoms with Crippen LogP contribution in [0.3, 0.4) is 0 Å². The van der Waals surface area contributed by atoms with Gasteiger partial charge in [-0.3, -0.25) is 10.8 Å². The number of benzene rings is 1. The van der Waals surface area contributed by atoms with Crippen molar-refractivity contribution in [2.75, 3.05) is 6.54 Å². The first kappa shape index (κ1) is 24.8. The zero-order valence-corrected chi connectivity index (χ0v) is 20.4. The van der Waals surface area contributed by atoms with Gasteiger partial charge in [-0.05, 0) is 50.3 Å². The number of nitrogens with one attached hydrogen (secondary N) is 2. The summed E-state index contributed by atoms with van der Waals surface area (Å²) in [4.78, 5) is 6.70. The summed E-state index contributed by atoms with van der Waals surface area (Å²) in [7, 11) is 0. The molecule has 0 spiro atoms. The first-order valence-corrected chi connectivity index (χ1v) is 12.0. The highest BCUT2D eigenvalue weighted by Crippen LogP contribution is 2.44. The van der Waals surface area contributed by atoms with E-state index in [1.807, 2.05) is 31.2 Å². The number of likely N-dealkylation sites (tertiary alicyclic amines) is 1. The van der Waals surface area contributed by atoms with Gasteiger partial charge in [-0.2, -0.15) is 0 Å². The fraction of sp³-hybridized carbons (Fsp3) is 0.370. The number of halogens is 1. The molecule has 1 aliphatic carbocycles. The predicted molar refractivity (Wildman–Crippen MR) is 138 cm³/mol. The van der Waals surface area contributed by atoms with Gasteiger partial charge in [-0.15, -0.1) is 0 Å². The van der Waals surface area contributed by atoms with Crippen LogP contribution >= 0.6 is 0 Å². The molecule has 1 aromatic heterocycles. The van der Waals surface area contributed by atoms with E-state index in [0.29, 0.717) is 17.7 Å². The Hall–Kier alpha value is -3.36. The van der Waals surface area contributed by atoms with E-state index in [1.165, 1.54) is 6.20 Å². The highest BCUT2D eigenvalue weighted by molar-refractivity contribution is 5.40. The average Bonchev–Trinajstić information content (AvgIpc) is 3.39. The third kappa shape index (κ3) is 5.18. The van der Waals surface area contributed by atoms with Crippen molar-refractivity contribution in [3.8, 4) is 0 Å². The summed E-state index contributed by atoms with van der Waals surface area (Å²) in [6, 6.07) is 9.02. The molecule has 2 fully saturated rings. The van der Waals surface area contributed by atoms with Gasteiger partial charge < -0.3 is 27.1 Å². The third-order valence-corrected chi connectivity index (χ3v) is 7.18. The lowest BCUT2D eigenvalue weighted by Crippen LogP contribution is -2.37. The van der Waals surface area contributed by atoms with Gasteiger partial charge in [0.2, 0.25) is 0 Å². The van der Waals surface area contributed by atoms with Crippen LogP contribution in [0.15, 0.2) is 73.0 Å². The molecule has 35 heavy (non-hydrogen) atoms. The lowest BCUT2D eigenvalue weighted by atomic mass is 9.94. The minimum atomic E-state index is -0.528. The second kappa shape index (κ2) is 10.1. The first-order valence-electron chi connectivity index (χ1n) is 12.0. The Bertz CT molecular complexity index is 1140. The second-order valence-electron chi connectivity index (χ2n) is 9.61. The molecule has 1 aromatic carbocycles. The topological polar surface area (TPSA) is 118 Å². The van der Waals surface area contributed by atoms with Crippen LogP contribution in [0.25, 0.3) is 0 Å². The molecule has 0 amide bonds. The molecule has 8 heteroatoms.